The third-order valence-electron chi connectivity index (χ3n) is 3.95. The van der Waals surface area contributed by atoms with Gasteiger partial charge in [-0.25, -0.2) is 0 Å². The third kappa shape index (κ3) is 2.96. The highest BCUT2D eigenvalue weighted by molar-refractivity contribution is 5.78. The summed E-state index contributed by atoms with van der Waals surface area (Å²) >= 11 is 0. The maximum Gasteiger partial charge on any atom is 0.225 e. The van der Waals surface area contributed by atoms with Gasteiger partial charge in [-0.3, -0.25) is 9.69 Å². The fraction of sp³-hybridized carbons (Fsp3) is 0.562. The minimum absolute atomic E-state index is 0.0525. The van der Waals surface area contributed by atoms with E-state index in [2.05, 4.69) is 18.0 Å². The average molecular weight is 276 g/mol. The number of methoxy groups -OCH3 is 1. The summed E-state index contributed by atoms with van der Waals surface area (Å²) in [6.07, 6.45) is 0. The zero-order valence-electron chi connectivity index (χ0n) is 12.8. The Kier molecular flexibility index (Phi) is 4.65. The zero-order valence-corrected chi connectivity index (χ0v) is 12.8. The molecule has 0 N–H and O–H groups in total. The van der Waals surface area contributed by atoms with E-state index in [9.17, 15) is 4.79 Å². The second kappa shape index (κ2) is 6.27. The van der Waals surface area contributed by atoms with Crippen LogP contribution in [-0.2, 0) is 4.79 Å². The van der Waals surface area contributed by atoms with Gasteiger partial charge in [0, 0.05) is 31.1 Å². The van der Waals surface area contributed by atoms with E-state index in [1.807, 2.05) is 36.9 Å². The smallest absolute Gasteiger partial charge is 0.225 e. The molecule has 0 saturated carbocycles. The fourth-order valence-electron chi connectivity index (χ4n) is 2.72. The van der Waals surface area contributed by atoms with Crippen LogP contribution in [0.2, 0.25) is 0 Å². The third-order valence-corrected chi connectivity index (χ3v) is 3.95. The Morgan fingerprint density at radius 3 is 2.65 bits per heavy atom. The van der Waals surface area contributed by atoms with Gasteiger partial charge in [0.05, 0.1) is 13.2 Å². The lowest BCUT2D eigenvalue weighted by atomic mass is 10.0. The summed E-state index contributed by atoms with van der Waals surface area (Å²) in [7, 11) is 3.80. The number of rotatable bonds is 3. The van der Waals surface area contributed by atoms with Crippen LogP contribution in [0.5, 0.6) is 5.75 Å². The molecule has 1 unspecified atom stereocenters. The number of ether oxygens (including phenoxy) is 1. The van der Waals surface area contributed by atoms with E-state index in [1.165, 1.54) is 0 Å². The van der Waals surface area contributed by atoms with Gasteiger partial charge in [-0.05, 0) is 13.1 Å². The molecule has 1 heterocycles. The van der Waals surface area contributed by atoms with E-state index >= 15 is 0 Å². The molecule has 0 bridgehead atoms. The van der Waals surface area contributed by atoms with Crippen LogP contribution in [0.15, 0.2) is 24.3 Å². The summed E-state index contributed by atoms with van der Waals surface area (Å²) in [6, 6.07) is 8.26. The number of para-hydroxylation sites is 1. The number of nitrogens with zero attached hydrogens (tertiary/aromatic N) is 2. The van der Waals surface area contributed by atoms with Crippen LogP contribution in [0.4, 0.5) is 0 Å². The summed E-state index contributed by atoms with van der Waals surface area (Å²) in [5, 5.41) is 0. The number of benzene rings is 1. The van der Waals surface area contributed by atoms with Crippen molar-refractivity contribution in [2.75, 3.05) is 33.8 Å². The molecule has 1 amide bonds. The largest absolute Gasteiger partial charge is 0.496 e. The van der Waals surface area contributed by atoms with Gasteiger partial charge < -0.3 is 9.64 Å². The molecule has 2 rings (SSSR count). The molecule has 4 heteroatoms. The van der Waals surface area contributed by atoms with Gasteiger partial charge in [0.25, 0.3) is 0 Å². The van der Waals surface area contributed by atoms with Gasteiger partial charge in [-0.1, -0.05) is 32.0 Å². The molecule has 110 valence electrons. The average Bonchev–Trinajstić information content (AvgIpc) is 2.47. The normalized spacial score (nSPS) is 20.2. The fourth-order valence-corrected chi connectivity index (χ4v) is 2.72. The van der Waals surface area contributed by atoms with Crippen LogP contribution in [0.1, 0.15) is 25.5 Å². The molecule has 1 atom stereocenters. The molecule has 0 radical (unpaired) electrons. The van der Waals surface area contributed by atoms with E-state index in [4.69, 9.17) is 4.74 Å². The first-order chi connectivity index (χ1) is 9.54. The van der Waals surface area contributed by atoms with Crippen LogP contribution < -0.4 is 4.74 Å². The molecule has 0 aromatic heterocycles. The first-order valence-corrected chi connectivity index (χ1v) is 7.16. The molecular formula is C16H24N2O2. The topological polar surface area (TPSA) is 32.8 Å². The quantitative estimate of drug-likeness (QED) is 0.848. The second-order valence-electron chi connectivity index (χ2n) is 5.68. The zero-order chi connectivity index (χ0) is 14.7. The van der Waals surface area contributed by atoms with Crippen molar-refractivity contribution in [1.82, 2.24) is 9.80 Å². The van der Waals surface area contributed by atoms with Crippen LogP contribution in [0.3, 0.4) is 0 Å². The highest BCUT2D eigenvalue weighted by atomic mass is 16.5. The van der Waals surface area contributed by atoms with E-state index in [0.717, 1.165) is 30.9 Å². The molecule has 0 spiro atoms. The van der Waals surface area contributed by atoms with E-state index in [1.54, 1.807) is 7.11 Å². The molecule has 1 fully saturated rings. The Labute approximate surface area is 121 Å². The summed E-state index contributed by atoms with van der Waals surface area (Å²) in [4.78, 5) is 16.5. The van der Waals surface area contributed by atoms with Crippen molar-refractivity contribution < 1.29 is 9.53 Å². The number of carbonyl (C=O) groups is 1. The van der Waals surface area contributed by atoms with Gasteiger partial charge in [0.1, 0.15) is 5.75 Å². The predicted molar refractivity (Wildman–Crippen MR) is 79.8 cm³/mol. The maximum atomic E-state index is 12.2. The lowest BCUT2D eigenvalue weighted by Crippen LogP contribution is -2.50. The summed E-state index contributed by atoms with van der Waals surface area (Å²) in [5.74, 6) is 1.18. The Bertz CT molecular complexity index is 473. The van der Waals surface area contributed by atoms with Crippen molar-refractivity contribution in [2.45, 2.75) is 19.9 Å². The van der Waals surface area contributed by atoms with Gasteiger partial charge in [0.15, 0.2) is 0 Å². The monoisotopic (exact) mass is 276 g/mol. The summed E-state index contributed by atoms with van der Waals surface area (Å²) in [5.41, 5.74) is 1.15. The predicted octanol–water partition coefficient (Wildman–Crippen LogP) is 2.17. The van der Waals surface area contributed by atoms with Crippen molar-refractivity contribution in [3.8, 4) is 5.75 Å². The van der Waals surface area contributed by atoms with Gasteiger partial charge in [0.2, 0.25) is 5.91 Å². The second-order valence-corrected chi connectivity index (χ2v) is 5.68. The van der Waals surface area contributed by atoms with Crippen molar-refractivity contribution >= 4 is 5.91 Å². The highest BCUT2D eigenvalue weighted by Gasteiger charge is 2.30. The lowest BCUT2D eigenvalue weighted by molar-refractivity contribution is -0.137. The summed E-state index contributed by atoms with van der Waals surface area (Å²) < 4.78 is 5.46. The first-order valence-electron chi connectivity index (χ1n) is 7.16. The number of amides is 1. The number of hydrogen-bond acceptors (Lipinski definition) is 3. The molecule has 1 aromatic carbocycles. The number of hydrogen-bond donors (Lipinski definition) is 0. The highest BCUT2D eigenvalue weighted by Crippen LogP contribution is 2.31. The van der Waals surface area contributed by atoms with Crippen LogP contribution in [0, 0.1) is 5.92 Å². The Morgan fingerprint density at radius 2 is 2.00 bits per heavy atom. The van der Waals surface area contributed by atoms with E-state index < -0.39 is 0 Å². The van der Waals surface area contributed by atoms with Crippen molar-refractivity contribution in [3.63, 3.8) is 0 Å². The standard InChI is InChI=1S/C16H24N2O2/c1-12(2)16(19)18-10-9-17(3)14(11-18)13-7-5-6-8-15(13)20-4/h5-8,12,14H,9-11H2,1-4H3. The number of carbonyl (C=O) groups excluding carboxylic acids is 1. The molecule has 1 aliphatic rings. The Morgan fingerprint density at radius 1 is 1.30 bits per heavy atom. The van der Waals surface area contributed by atoms with E-state index in [-0.39, 0.29) is 17.9 Å². The number of piperazine rings is 1. The molecule has 1 aromatic rings. The van der Waals surface area contributed by atoms with Crippen molar-refractivity contribution in [3.05, 3.63) is 29.8 Å². The first kappa shape index (κ1) is 14.9. The van der Waals surface area contributed by atoms with Gasteiger partial charge >= 0.3 is 0 Å². The van der Waals surface area contributed by atoms with Gasteiger partial charge in [-0.2, -0.15) is 0 Å². The van der Waals surface area contributed by atoms with Crippen molar-refractivity contribution in [2.24, 2.45) is 5.92 Å². The maximum absolute atomic E-state index is 12.2. The molecular weight excluding hydrogens is 252 g/mol. The molecule has 20 heavy (non-hydrogen) atoms. The minimum atomic E-state index is 0.0525. The molecule has 1 saturated heterocycles. The summed E-state index contributed by atoms with van der Waals surface area (Å²) in [6.45, 7) is 6.34. The Hall–Kier alpha value is -1.55. The molecule has 4 nitrogen and oxygen atoms in total. The van der Waals surface area contributed by atoms with Crippen LogP contribution in [0.25, 0.3) is 0 Å². The molecule has 1 aliphatic heterocycles. The minimum Gasteiger partial charge on any atom is -0.496 e. The van der Waals surface area contributed by atoms with Crippen LogP contribution in [-0.4, -0.2) is 49.5 Å². The van der Waals surface area contributed by atoms with E-state index in [0.29, 0.717) is 0 Å². The number of likely N-dealkylation sites (N-methyl/N-ethyl adjacent to an activating group) is 1. The van der Waals surface area contributed by atoms with Gasteiger partial charge in [-0.15, -0.1) is 0 Å². The Balaban J connectivity index is 2.23. The molecule has 0 aliphatic carbocycles. The lowest BCUT2D eigenvalue weighted by Gasteiger charge is -2.40. The SMILES string of the molecule is COc1ccccc1C1CN(C(=O)C(C)C)CCN1C. The van der Waals surface area contributed by atoms with Crippen molar-refractivity contribution in [1.29, 1.82) is 0 Å². The van der Waals surface area contributed by atoms with Crippen LogP contribution >= 0.6 is 0 Å².